The van der Waals surface area contributed by atoms with Gasteiger partial charge in [-0.1, -0.05) is 0 Å². The number of nitro benzene ring substituents is 1. The van der Waals surface area contributed by atoms with Gasteiger partial charge < -0.3 is 5.11 Å². The molecule has 0 atom stereocenters. The highest BCUT2D eigenvalue weighted by molar-refractivity contribution is 5.47. The van der Waals surface area contributed by atoms with Crippen molar-refractivity contribution in [1.82, 2.24) is 5.53 Å². The van der Waals surface area contributed by atoms with Gasteiger partial charge in [0.2, 0.25) is 0 Å². The van der Waals surface area contributed by atoms with Crippen LogP contribution in [0.1, 0.15) is 6.92 Å². The molecule has 94 valence electrons. The molecule has 0 aromatic heterocycles. The lowest BCUT2D eigenvalue weighted by atomic mass is 10.3. The summed E-state index contributed by atoms with van der Waals surface area (Å²) in [4.78, 5) is 19.6. The third kappa shape index (κ3) is 6.62. The number of nitro groups is 2. The number of nitrogens with zero attached hydrogens (tertiary/aromatic N) is 2. The van der Waals surface area contributed by atoms with Gasteiger partial charge in [0.1, 0.15) is 0 Å². The van der Waals surface area contributed by atoms with Gasteiger partial charge in [-0.2, -0.15) is 0 Å². The van der Waals surface area contributed by atoms with Gasteiger partial charge in [0.25, 0.3) is 5.69 Å². The van der Waals surface area contributed by atoms with Crippen LogP contribution in [0.5, 0.6) is 0 Å². The molecule has 17 heavy (non-hydrogen) atoms. The summed E-state index contributed by atoms with van der Waals surface area (Å²) in [6.45, 7) is 1.93. The molecular formula is C8H12N4O5. The molecule has 0 fully saturated rings. The minimum Gasteiger partial charge on any atom is -0.397 e. The average Bonchev–Trinajstić information content (AvgIpc) is 2.28. The minimum atomic E-state index is -0.776. The number of benzene rings is 1. The highest BCUT2D eigenvalue weighted by Crippen LogP contribution is 2.14. The van der Waals surface area contributed by atoms with E-state index in [9.17, 15) is 20.2 Å². The Bertz CT molecular complexity index is 367. The zero-order valence-corrected chi connectivity index (χ0v) is 8.99. The molecule has 0 aliphatic rings. The van der Waals surface area contributed by atoms with Gasteiger partial charge in [-0.05, 0) is 24.6 Å². The van der Waals surface area contributed by atoms with Crippen LogP contribution in [0.2, 0.25) is 0 Å². The lowest BCUT2D eigenvalue weighted by Crippen LogP contribution is -2.27. The Morgan fingerprint density at radius 3 is 2.06 bits per heavy atom. The van der Waals surface area contributed by atoms with Gasteiger partial charge in [0.05, 0.1) is 10.6 Å². The second-order valence-corrected chi connectivity index (χ2v) is 2.61. The highest BCUT2D eigenvalue weighted by Gasteiger charge is 2.03. The first-order chi connectivity index (χ1) is 8.01. The Morgan fingerprint density at radius 2 is 1.71 bits per heavy atom. The molecule has 0 saturated carbocycles. The van der Waals surface area contributed by atoms with E-state index in [2.05, 4.69) is 5.43 Å². The smallest absolute Gasteiger partial charge is 0.269 e. The fourth-order valence-electron chi connectivity index (χ4n) is 0.777. The van der Waals surface area contributed by atoms with Gasteiger partial charge in [0.15, 0.2) is 5.03 Å². The number of hydrogen-bond donors (Lipinski definition) is 3. The average molecular weight is 244 g/mol. The van der Waals surface area contributed by atoms with Crippen molar-refractivity contribution in [2.75, 3.05) is 12.0 Å². The largest absolute Gasteiger partial charge is 0.397 e. The van der Waals surface area contributed by atoms with E-state index in [1.54, 1.807) is 12.5 Å². The Kier molecular flexibility index (Phi) is 6.71. The molecule has 0 heterocycles. The fourth-order valence-corrected chi connectivity index (χ4v) is 0.777. The number of hydrogen-bond acceptors (Lipinski definition) is 6. The Hall–Kier alpha value is -2.42. The van der Waals surface area contributed by atoms with Crippen molar-refractivity contribution in [2.24, 2.45) is 0 Å². The van der Waals surface area contributed by atoms with E-state index in [4.69, 9.17) is 5.11 Å². The van der Waals surface area contributed by atoms with Crippen molar-refractivity contribution in [3.05, 3.63) is 44.5 Å². The van der Waals surface area contributed by atoms with Crippen LogP contribution < -0.4 is 11.0 Å². The Balaban J connectivity index is 0.000000770. The van der Waals surface area contributed by atoms with Gasteiger partial charge >= 0.3 is 0 Å². The first kappa shape index (κ1) is 14.6. The normalized spacial score (nSPS) is 8.59. The second kappa shape index (κ2) is 7.82. The summed E-state index contributed by atoms with van der Waals surface area (Å²) >= 11 is 0. The zero-order chi connectivity index (χ0) is 13.3. The molecule has 0 bridgehead atoms. The van der Waals surface area contributed by atoms with Crippen LogP contribution in [0.25, 0.3) is 0 Å². The molecule has 1 aromatic rings. The molecule has 0 unspecified atom stereocenters. The van der Waals surface area contributed by atoms with E-state index >= 15 is 0 Å². The Labute approximate surface area is 96.3 Å². The SMILES string of the molecule is CCO.O=[N+]([O-])NNc1ccc([N+](=O)[O-])cc1. The van der Waals surface area contributed by atoms with Crippen molar-refractivity contribution in [3.8, 4) is 0 Å². The fraction of sp³-hybridized carbons (Fsp3) is 0.250. The van der Waals surface area contributed by atoms with Crippen molar-refractivity contribution < 1.29 is 15.1 Å². The maximum atomic E-state index is 10.2. The number of aliphatic hydroxyl groups is 1. The van der Waals surface area contributed by atoms with Crippen molar-refractivity contribution in [1.29, 1.82) is 0 Å². The Morgan fingerprint density at radius 1 is 1.24 bits per heavy atom. The standard InChI is InChI=1S/C6H6N4O4.C2H6O/c11-9(12)6-3-1-5(2-4-6)7-8-10(13)14;1-2-3/h1-4,7-8H;3H,2H2,1H3. The number of rotatable bonds is 4. The van der Waals surface area contributed by atoms with Crippen LogP contribution in [-0.4, -0.2) is 21.7 Å². The molecule has 9 heteroatoms. The summed E-state index contributed by atoms with van der Waals surface area (Å²) in [6, 6.07) is 5.19. The van der Waals surface area contributed by atoms with Crippen LogP contribution in [0.3, 0.4) is 0 Å². The van der Waals surface area contributed by atoms with Crippen LogP contribution in [0, 0.1) is 20.2 Å². The van der Waals surface area contributed by atoms with Crippen LogP contribution in [-0.2, 0) is 0 Å². The van der Waals surface area contributed by atoms with Crippen LogP contribution >= 0.6 is 0 Å². The molecule has 3 N–H and O–H groups in total. The quantitative estimate of drug-likeness (QED) is 0.524. The van der Waals surface area contributed by atoms with E-state index in [1.807, 2.05) is 0 Å². The van der Waals surface area contributed by atoms with Crippen molar-refractivity contribution in [2.45, 2.75) is 6.92 Å². The maximum Gasteiger partial charge on any atom is 0.269 e. The van der Waals surface area contributed by atoms with E-state index in [0.717, 1.165) is 0 Å². The van der Waals surface area contributed by atoms with Gasteiger partial charge in [-0.3, -0.25) is 10.1 Å². The van der Waals surface area contributed by atoms with Crippen molar-refractivity contribution >= 4 is 11.4 Å². The predicted octanol–water partition coefficient (Wildman–Crippen LogP) is 0.702. The maximum absolute atomic E-state index is 10.2. The molecule has 0 amide bonds. The van der Waals surface area contributed by atoms with Crippen LogP contribution in [0.4, 0.5) is 11.4 Å². The number of aliphatic hydroxyl groups excluding tert-OH is 1. The van der Waals surface area contributed by atoms with Crippen LogP contribution in [0.15, 0.2) is 24.3 Å². The summed E-state index contributed by atoms with van der Waals surface area (Å²) in [7, 11) is 0. The first-order valence-electron chi connectivity index (χ1n) is 4.52. The lowest BCUT2D eigenvalue weighted by molar-refractivity contribution is -0.538. The van der Waals surface area contributed by atoms with E-state index < -0.39 is 9.96 Å². The number of non-ortho nitro benzene ring substituents is 1. The molecule has 1 aromatic carbocycles. The zero-order valence-electron chi connectivity index (χ0n) is 8.99. The van der Waals surface area contributed by atoms with Gasteiger partial charge in [0, 0.05) is 18.7 Å². The lowest BCUT2D eigenvalue weighted by Gasteiger charge is -2.00. The molecule has 0 aliphatic carbocycles. The number of hydrazine groups is 2. The molecule has 0 saturated heterocycles. The topological polar surface area (TPSA) is 131 Å². The molecule has 0 spiro atoms. The molecular weight excluding hydrogens is 232 g/mol. The molecule has 9 nitrogen and oxygen atoms in total. The highest BCUT2D eigenvalue weighted by atomic mass is 16.7. The van der Waals surface area contributed by atoms with Crippen molar-refractivity contribution in [3.63, 3.8) is 0 Å². The monoisotopic (exact) mass is 244 g/mol. The first-order valence-corrected chi connectivity index (χ1v) is 4.52. The molecule has 0 radical (unpaired) electrons. The summed E-state index contributed by atoms with van der Waals surface area (Å²) in [5.41, 5.74) is 4.25. The molecule has 0 aliphatic heterocycles. The third-order valence-electron chi connectivity index (χ3n) is 1.37. The number of anilines is 1. The second-order valence-electron chi connectivity index (χ2n) is 2.61. The summed E-state index contributed by atoms with van der Waals surface area (Å²) < 4.78 is 0. The van der Waals surface area contributed by atoms with E-state index in [-0.39, 0.29) is 12.3 Å². The van der Waals surface area contributed by atoms with Gasteiger partial charge in [-0.25, -0.2) is 15.5 Å². The van der Waals surface area contributed by atoms with E-state index in [1.165, 1.54) is 24.3 Å². The minimum absolute atomic E-state index is 0.0725. The molecule has 1 rings (SSSR count). The summed E-state index contributed by atoms with van der Waals surface area (Å²) in [5.74, 6) is 0. The predicted molar refractivity (Wildman–Crippen MR) is 59.6 cm³/mol. The van der Waals surface area contributed by atoms with Gasteiger partial charge in [-0.15, -0.1) is 0 Å². The number of nitrogens with one attached hydrogen (secondary N) is 2. The summed E-state index contributed by atoms with van der Waals surface area (Å²) in [5, 5.41) is 26.9. The summed E-state index contributed by atoms with van der Waals surface area (Å²) in [6.07, 6.45) is 0. The third-order valence-corrected chi connectivity index (χ3v) is 1.37. The van der Waals surface area contributed by atoms with E-state index in [0.29, 0.717) is 5.69 Å².